The standard InChI is InChI=1S/C63H39N5S/c1-4-17-40(18-5-1)43-31-33-51-52-34-32-46(67-55-28-13-10-23-49(55)50-24-11-14-29-56(50)67)39-58(52)68(57(51)38-43)47-36-44(48-26-16-27-54-53-25-12-15-30-59(53)69-60(48)54)35-45(37-47)63-65-61(41-19-6-2-7-20-41)64-62(66-63)42-21-8-3-9-22-42/h1-39H. The fourth-order valence-corrected chi connectivity index (χ4v) is 11.6. The summed E-state index contributed by atoms with van der Waals surface area (Å²) in [6.07, 6.45) is 0. The van der Waals surface area contributed by atoms with Crippen LogP contribution in [0.25, 0.3) is 132 Å². The summed E-state index contributed by atoms with van der Waals surface area (Å²) in [5, 5.41) is 7.33. The number of benzene rings is 10. The zero-order valence-corrected chi connectivity index (χ0v) is 38.0. The molecule has 6 heteroatoms. The van der Waals surface area contributed by atoms with Gasteiger partial charge in [0.25, 0.3) is 0 Å². The molecule has 0 bridgehead atoms. The number of aromatic nitrogens is 5. The van der Waals surface area contributed by atoms with Crippen molar-refractivity contribution in [1.29, 1.82) is 0 Å². The van der Waals surface area contributed by atoms with Crippen molar-refractivity contribution >= 4 is 75.1 Å². The largest absolute Gasteiger partial charge is 0.309 e. The number of fused-ring (bicyclic) bond motifs is 9. The maximum atomic E-state index is 5.31. The lowest BCUT2D eigenvalue weighted by Gasteiger charge is -2.16. The van der Waals surface area contributed by atoms with Gasteiger partial charge in [0.05, 0.1) is 22.1 Å². The van der Waals surface area contributed by atoms with E-state index in [0.29, 0.717) is 17.5 Å². The summed E-state index contributed by atoms with van der Waals surface area (Å²) in [5.41, 5.74) is 14.0. The molecule has 10 aromatic carbocycles. The topological polar surface area (TPSA) is 48.5 Å². The third-order valence-electron chi connectivity index (χ3n) is 13.5. The van der Waals surface area contributed by atoms with Gasteiger partial charge in [0.15, 0.2) is 17.5 Å². The first-order valence-corrected chi connectivity index (χ1v) is 24.1. The fourth-order valence-electron chi connectivity index (χ4n) is 10.4. The molecule has 14 aromatic rings. The number of para-hydroxylation sites is 2. The average molecular weight is 898 g/mol. The van der Waals surface area contributed by atoms with Gasteiger partial charge < -0.3 is 9.13 Å². The molecule has 0 aliphatic rings. The van der Waals surface area contributed by atoms with E-state index in [9.17, 15) is 0 Å². The van der Waals surface area contributed by atoms with Gasteiger partial charge in [0.2, 0.25) is 0 Å². The Morgan fingerprint density at radius 3 is 1.43 bits per heavy atom. The van der Waals surface area contributed by atoms with Crippen LogP contribution in [0, 0.1) is 0 Å². The van der Waals surface area contributed by atoms with E-state index in [1.165, 1.54) is 58.3 Å². The lowest BCUT2D eigenvalue weighted by molar-refractivity contribution is 1.07. The highest BCUT2D eigenvalue weighted by Crippen LogP contribution is 2.44. The summed E-state index contributed by atoms with van der Waals surface area (Å²) < 4.78 is 7.38. The highest BCUT2D eigenvalue weighted by atomic mass is 32.1. The van der Waals surface area contributed by atoms with E-state index in [2.05, 4.69) is 209 Å². The van der Waals surface area contributed by atoms with Crippen LogP contribution in [0.2, 0.25) is 0 Å². The van der Waals surface area contributed by atoms with Crippen molar-refractivity contribution in [1.82, 2.24) is 24.1 Å². The lowest BCUT2D eigenvalue weighted by atomic mass is 9.99. The summed E-state index contributed by atoms with van der Waals surface area (Å²) in [4.78, 5) is 15.7. The second-order valence-electron chi connectivity index (χ2n) is 17.6. The van der Waals surface area contributed by atoms with E-state index in [-0.39, 0.29) is 0 Å². The third-order valence-corrected chi connectivity index (χ3v) is 14.8. The Morgan fingerprint density at radius 1 is 0.275 bits per heavy atom. The van der Waals surface area contributed by atoms with Crippen LogP contribution in [0.15, 0.2) is 237 Å². The van der Waals surface area contributed by atoms with E-state index < -0.39 is 0 Å². The van der Waals surface area contributed by atoms with Crippen LogP contribution in [0.5, 0.6) is 0 Å². The van der Waals surface area contributed by atoms with Crippen LogP contribution in [-0.2, 0) is 0 Å². The molecule has 0 unspecified atom stereocenters. The molecular weight excluding hydrogens is 859 g/mol. The Labute approximate surface area is 401 Å². The van der Waals surface area contributed by atoms with Gasteiger partial charge in [-0.2, -0.15) is 0 Å². The normalized spacial score (nSPS) is 11.8. The van der Waals surface area contributed by atoms with E-state index in [1.807, 2.05) is 47.7 Å². The minimum absolute atomic E-state index is 0.603. The molecule has 0 atom stereocenters. The summed E-state index contributed by atoms with van der Waals surface area (Å²) in [5.74, 6) is 1.85. The summed E-state index contributed by atoms with van der Waals surface area (Å²) >= 11 is 1.84. The van der Waals surface area contributed by atoms with Crippen LogP contribution in [0.1, 0.15) is 0 Å². The van der Waals surface area contributed by atoms with E-state index in [1.54, 1.807) is 0 Å². The zero-order chi connectivity index (χ0) is 45.4. The van der Waals surface area contributed by atoms with Crippen molar-refractivity contribution in [3.63, 3.8) is 0 Å². The van der Waals surface area contributed by atoms with Gasteiger partial charge in [0, 0.05) is 69.8 Å². The van der Waals surface area contributed by atoms with Gasteiger partial charge >= 0.3 is 0 Å². The average Bonchev–Trinajstić information content (AvgIpc) is 4.09. The molecule has 5 nitrogen and oxygen atoms in total. The van der Waals surface area contributed by atoms with Crippen LogP contribution < -0.4 is 0 Å². The molecular formula is C63H39N5S. The van der Waals surface area contributed by atoms with Crippen molar-refractivity contribution in [3.05, 3.63) is 237 Å². The fraction of sp³-hybridized carbons (Fsp3) is 0. The molecule has 69 heavy (non-hydrogen) atoms. The maximum absolute atomic E-state index is 5.31. The zero-order valence-electron chi connectivity index (χ0n) is 37.2. The molecule has 0 spiro atoms. The molecule has 14 rings (SSSR count). The molecule has 0 aliphatic heterocycles. The van der Waals surface area contributed by atoms with Crippen molar-refractivity contribution in [3.8, 4) is 67.8 Å². The number of hydrogen-bond donors (Lipinski definition) is 0. The van der Waals surface area contributed by atoms with Crippen LogP contribution in [-0.4, -0.2) is 24.1 Å². The minimum Gasteiger partial charge on any atom is -0.309 e. The Kier molecular flexibility index (Phi) is 9.00. The number of nitrogens with zero attached hydrogens (tertiary/aromatic N) is 5. The molecule has 0 saturated carbocycles. The first-order chi connectivity index (χ1) is 34.2. The molecule has 0 saturated heterocycles. The van der Waals surface area contributed by atoms with E-state index in [4.69, 9.17) is 15.0 Å². The predicted molar refractivity (Wildman–Crippen MR) is 289 cm³/mol. The molecule has 0 fully saturated rings. The maximum Gasteiger partial charge on any atom is 0.164 e. The third kappa shape index (κ3) is 6.49. The van der Waals surface area contributed by atoms with Crippen LogP contribution >= 0.6 is 11.3 Å². The van der Waals surface area contributed by atoms with Gasteiger partial charge in [0.1, 0.15) is 0 Å². The van der Waals surface area contributed by atoms with Gasteiger partial charge in [-0.3, -0.25) is 0 Å². The SMILES string of the molecule is c1ccc(-c2ccc3c4ccc(-n5c6ccccc6c6ccccc65)cc4n(-c4cc(-c5nc(-c6ccccc6)nc(-c6ccccc6)n5)cc(-c5cccc6c5sc5ccccc56)c4)c3c2)cc1. The van der Waals surface area contributed by atoms with Crippen molar-refractivity contribution in [2.45, 2.75) is 0 Å². The molecule has 4 heterocycles. The van der Waals surface area contributed by atoms with E-state index >= 15 is 0 Å². The summed E-state index contributed by atoms with van der Waals surface area (Å²) in [7, 11) is 0. The molecule has 0 N–H and O–H groups in total. The predicted octanol–water partition coefficient (Wildman–Crippen LogP) is 16.8. The van der Waals surface area contributed by atoms with Crippen molar-refractivity contribution in [2.75, 3.05) is 0 Å². The first kappa shape index (κ1) is 39.2. The molecule has 0 aliphatic carbocycles. The first-order valence-electron chi connectivity index (χ1n) is 23.3. The Bertz CT molecular complexity index is 4190. The monoisotopic (exact) mass is 897 g/mol. The number of thiophene rings is 1. The second kappa shape index (κ2) is 15.8. The van der Waals surface area contributed by atoms with Crippen molar-refractivity contribution < 1.29 is 0 Å². The van der Waals surface area contributed by atoms with Crippen LogP contribution in [0.3, 0.4) is 0 Å². The second-order valence-corrected chi connectivity index (χ2v) is 18.6. The summed E-state index contributed by atoms with van der Waals surface area (Å²) in [6, 6.07) is 84.8. The van der Waals surface area contributed by atoms with Gasteiger partial charge in [-0.05, 0) is 76.9 Å². The number of rotatable bonds is 7. The summed E-state index contributed by atoms with van der Waals surface area (Å²) in [6.45, 7) is 0. The molecule has 0 amide bonds. The Balaban J connectivity index is 1.09. The highest BCUT2D eigenvalue weighted by Gasteiger charge is 2.21. The van der Waals surface area contributed by atoms with Gasteiger partial charge in [-0.25, -0.2) is 15.0 Å². The van der Waals surface area contributed by atoms with Crippen LogP contribution in [0.4, 0.5) is 0 Å². The molecule has 0 radical (unpaired) electrons. The van der Waals surface area contributed by atoms with Gasteiger partial charge in [-0.15, -0.1) is 11.3 Å². The van der Waals surface area contributed by atoms with E-state index in [0.717, 1.165) is 55.8 Å². The molecule has 322 valence electrons. The lowest BCUT2D eigenvalue weighted by Crippen LogP contribution is -2.02. The smallest absolute Gasteiger partial charge is 0.164 e. The van der Waals surface area contributed by atoms with Crippen molar-refractivity contribution in [2.24, 2.45) is 0 Å². The quantitative estimate of drug-likeness (QED) is 0.160. The Hall–Kier alpha value is -8.97. The minimum atomic E-state index is 0.603. The van der Waals surface area contributed by atoms with Gasteiger partial charge in [-0.1, -0.05) is 182 Å². The highest BCUT2D eigenvalue weighted by molar-refractivity contribution is 7.26. The number of hydrogen-bond acceptors (Lipinski definition) is 4. The molecule has 4 aromatic heterocycles. The Morgan fingerprint density at radius 2 is 0.768 bits per heavy atom.